The number of hydrogen-bond acceptors (Lipinski definition) is 6. The summed E-state index contributed by atoms with van der Waals surface area (Å²) >= 11 is 0. The first-order valence-corrected chi connectivity index (χ1v) is 12.1. The molecule has 1 heterocycles. The van der Waals surface area contributed by atoms with Gasteiger partial charge in [-0.15, -0.1) is 0 Å². The lowest BCUT2D eigenvalue weighted by Crippen LogP contribution is -2.51. The maximum Gasteiger partial charge on any atom is 0.410 e. The fourth-order valence-corrected chi connectivity index (χ4v) is 5.81. The van der Waals surface area contributed by atoms with Gasteiger partial charge in [-0.05, 0) is 59.8 Å². The minimum Gasteiger partial charge on any atom is -0.460 e. The Labute approximate surface area is 169 Å². The summed E-state index contributed by atoms with van der Waals surface area (Å²) in [6.45, 7) is 7.78. The van der Waals surface area contributed by atoms with Crippen LogP contribution in [0.5, 0.6) is 0 Å². The molecule has 2 unspecified atom stereocenters. The summed E-state index contributed by atoms with van der Waals surface area (Å²) in [6.07, 6.45) is 4.79. The summed E-state index contributed by atoms with van der Waals surface area (Å²) in [5.41, 5.74) is -0.590. The van der Waals surface area contributed by atoms with Gasteiger partial charge in [0.15, 0.2) is 9.84 Å². The number of rotatable bonds is 6. The molecule has 0 spiro atoms. The summed E-state index contributed by atoms with van der Waals surface area (Å²) in [7, 11) is -3.25. The van der Waals surface area contributed by atoms with E-state index >= 15 is 0 Å². The lowest BCUT2D eigenvalue weighted by atomic mass is 9.98. The third-order valence-electron chi connectivity index (χ3n) is 5.44. The molecule has 1 saturated heterocycles. The van der Waals surface area contributed by atoms with Crippen LogP contribution in [0.4, 0.5) is 4.79 Å². The number of hydrogen-bond donors (Lipinski definition) is 0. The van der Waals surface area contributed by atoms with Crippen LogP contribution in [0.3, 0.4) is 0 Å². The van der Waals surface area contributed by atoms with Crippen LogP contribution in [-0.2, 0) is 24.1 Å². The van der Waals surface area contributed by atoms with Crippen LogP contribution in [-0.4, -0.2) is 60.7 Å². The van der Waals surface area contributed by atoms with Gasteiger partial charge < -0.3 is 14.4 Å². The minimum absolute atomic E-state index is 0.137. The molecule has 2 atom stereocenters. The quantitative estimate of drug-likeness (QED) is 0.615. The fraction of sp³-hybridized carbons (Fsp3) is 0.900. The number of esters is 1. The van der Waals surface area contributed by atoms with Gasteiger partial charge in [-0.3, -0.25) is 4.79 Å². The highest BCUT2D eigenvalue weighted by Crippen LogP contribution is 2.26. The van der Waals surface area contributed by atoms with Gasteiger partial charge in [0, 0.05) is 6.54 Å². The van der Waals surface area contributed by atoms with Crippen molar-refractivity contribution in [3.05, 3.63) is 0 Å². The zero-order chi connectivity index (χ0) is 20.9. The number of sulfone groups is 1. The van der Waals surface area contributed by atoms with Crippen molar-refractivity contribution in [2.24, 2.45) is 0 Å². The maximum absolute atomic E-state index is 12.5. The molecule has 7 nitrogen and oxygen atoms in total. The van der Waals surface area contributed by atoms with E-state index in [1.54, 1.807) is 11.8 Å². The van der Waals surface area contributed by atoms with Gasteiger partial charge in [0.2, 0.25) is 0 Å². The highest BCUT2D eigenvalue weighted by Gasteiger charge is 2.35. The van der Waals surface area contributed by atoms with E-state index < -0.39 is 33.6 Å². The molecular formula is C20H35NO6S. The predicted molar refractivity (Wildman–Crippen MR) is 107 cm³/mol. The second kappa shape index (κ2) is 9.46. The van der Waals surface area contributed by atoms with E-state index in [9.17, 15) is 18.0 Å². The van der Waals surface area contributed by atoms with Crippen LogP contribution in [0.15, 0.2) is 0 Å². The Morgan fingerprint density at radius 2 is 1.68 bits per heavy atom. The molecule has 8 heteroatoms. The smallest absolute Gasteiger partial charge is 0.410 e. The third kappa shape index (κ3) is 6.64. The Hall–Kier alpha value is -1.31. The Kier molecular flexibility index (Phi) is 7.76. The van der Waals surface area contributed by atoms with Crippen molar-refractivity contribution >= 4 is 21.9 Å². The highest BCUT2D eigenvalue weighted by atomic mass is 32.2. The van der Waals surface area contributed by atoms with E-state index in [1.807, 2.05) is 20.8 Å². The first-order valence-electron chi connectivity index (χ1n) is 10.4. The molecule has 0 N–H and O–H groups in total. The van der Waals surface area contributed by atoms with Crippen LogP contribution < -0.4 is 0 Å². The van der Waals surface area contributed by atoms with Crippen LogP contribution in [0, 0.1) is 0 Å². The molecule has 0 bridgehead atoms. The van der Waals surface area contributed by atoms with Gasteiger partial charge in [0.05, 0.1) is 23.5 Å². The summed E-state index contributed by atoms with van der Waals surface area (Å²) in [6, 6.07) is -0.251. The molecule has 2 aliphatic rings. The van der Waals surface area contributed by atoms with Gasteiger partial charge in [0.25, 0.3) is 0 Å². The summed E-state index contributed by atoms with van der Waals surface area (Å²) in [4.78, 5) is 26.4. The highest BCUT2D eigenvalue weighted by molar-refractivity contribution is 7.92. The lowest BCUT2D eigenvalue weighted by Gasteiger charge is -2.39. The standard InChI is InChI=1S/C20H35NO6S/c1-15(17-11-7-8-13-21(17)19(23)27-20(2,3)4)26-18(22)12-14-28(24,25)16-9-5-6-10-16/h15-17H,5-14H2,1-4H3. The van der Waals surface area contributed by atoms with Crippen LogP contribution in [0.2, 0.25) is 0 Å². The molecule has 0 aromatic heterocycles. The number of likely N-dealkylation sites (tertiary alicyclic amines) is 1. The number of piperidine rings is 1. The minimum atomic E-state index is -3.25. The number of ether oxygens (including phenoxy) is 2. The number of amides is 1. The molecule has 0 radical (unpaired) electrons. The zero-order valence-corrected chi connectivity index (χ0v) is 18.4. The normalized spacial score (nSPS) is 22.7. The van der Waals surface area contributed by atoms with Gasteiger partial charge in [-0.25, -0.2) is 13.2 Å². The van der Waals surface area contributed by atoms with E-state index in [2.05, 4.69) is 0 Å². The lowest BCUT2D eigenvalue weighted by molar-refractivity contribution is -0.151. The van der Waals surface area contributed by atoms with E-state index in [0.717, 1.165) is 32.1 Å². The van der Waals surface area contributed by atoms with Crippen molar-refractivity contribution in [2.75, 3.05) is 12.3 Å². The van der Waals surface area contributed by atoms with Crippen molar-refractivity contribution < 1.29 is 27.5 Å². The van der Waals surface area contributed by atoms with Crippen molar-refractivity contribution in [3.63, 3.8) is 0 Å². The Balaban J connectivity index is 1.89. The number of carbonyl (C=O) groups excluding carboxylic acids is 2. The van der Waals surface area contributed by atoms with E-state index in [4.69, 9.17) is 9.47 Å². The van der Waals surface area contributed by atoms with Gasteiger partial charge in [0.1, 0.15) is 11.7 Å². The topological polar surface area (TPSA) is 90.0 Å². The molecule has 1 saturated carbocycles. The molecule has 2 rings (SSSR count). The third-order valence-corrected chi connectivity index (χ3v) is 7.70. The predicted octanol–water partition coefficient (Wildman–Crippen LogP) is 3.46. The molecule has 2 fully saturated rings. The Bertz CT molecular complexity index is 648. The average Bonchev–Trinajstić information content (AvgIpc) is 3.14. The molecule has 1 aliphatic heterocycles. The van der Waals surface area contributed by atoms with Gasteiger partial charge in [-0.2, -0.15) is 0 Å². The van der Waals surface area contributed by atoms with E-state index in [0.29, 0.717) is 19.4 Å². The Morgan fingerprint density at radius 1 is 1.07 bits per heavy atom. The Morgan fingerprint density at radius 3 is 2.29 bits per heavy atom. The van der Waals surface area contributed by atoms with Crippen molar-refractivity contribution in [1.29, 1.82) is 0 Å². The SMILES string of the molecule is CC(OC(=O)CCS(=O)(=O)C1CCCC1)C1CCCCN1C(=O)OC(C)(C)C. The van der Waals surface area contributed by atoms with Crippen LogP contribution >= 0.6 is 0 Å². The second-order valence-corrected chi connectivity index (χ2v) is 11.4. The van der Waals surface area contributed by atoms with Gasteiger partial charge >= 0.3 is 12.1 Å². The van der Waals surface area contributed by atoms with E-state index in [-0.39, 0.29) is 23.5 Å². The summed E-state index contributed by atoms with van der Waals surface area (Å²) in [5, 5.41) is -0.307. The average molecular weight is 418 g/mol. The number of nitrogens with zero attached hydrogens (tertiary/aromatic N) is 1. The monoisotopic (exact) mass is 417 g/mol. The van der Waals surface area contributed by atoms with Crippen molar-refractivity contribution in [3.8, 4) is 0 Å². The summed E-state index contributed by atoms with van der Waals surface area (Å²) in [5.74, 6) is -0.687. The molecule has 0 aromatic carbocycles. The molecule has 1 aliphatic carbocycles. The summed E-state index contributed by atoms with van der Waals surface area (Å²) < 4.78 is 35.6. The molecule has 1 amide bonds. The first-order chi connectivity index (χ1) is 13.0. The first kappa shape index (κ1) is 23.0. The van der Waals surface area contributed by atoms with Crippen molar-refractivity contribution in [1.82, 2.24) is 4.90 Å². The second-order valence-electron chi connectivity index (χ2n) is 8.96. The molecule has 0 aromatic rings. The molecule has 28 heavy (non-hydrogen) atoms. The van der Waals surface area contributed by atoms with Crippen LogP contribution in [0.1, 0.15) is 79.1 Å². The van der Waals surface area contributed by atoms with E-state index in [1.165, 1.54) is 0 Å². The number of carbonyl (C=O) groups is 2. The fourth-order valence-electron chi connectivity index (χ4n) is 3.98. The molecular weight excluding hydrogens is 382 g/mol. The zero-order valence-electron chi connectivity index (χ0n) is 17.6. The van der Waals surface area contributed by atoms with Gasteiger partial charge in [-0.1, -0.05) is 12.8 Å². The largest absolute Gasteiger partial charge is 0.460 e. The maximum atomic E-state index is 12.5. The van der Waals surface area contributed by atoms with Crippen molar-refractivity contribution in [2.45, 2.75) is 102 Å². The van der Waals surface area contributed by atoms with Crippen LogP contribution in [0.25, 0.3) is 0 Å². The molecule has 162 valence electrons.